The molecular formula is C50H36N3O2+3. The molecule has 4 bridgehead atoms. The Balaban J connectivity index is 1.38. The zero-order valence-corrected chi connectivity index (χ0v) is 30.4. The van der Waals surface area contributed by atoms with Crippen LogP contribution in [0.4, 0.5) is 0 Å². The Labute approximate surface area is 318 Å². The summed E-state index contributed by atoms with van der Waals surface area (Å²) in [6, 6.07) is 54.0. The zero-order chi connectivity index (χ0) is 36.6. The second kappa shape index (κ2) is 12.3. The van der Waals surface area contributed by atoms with Crippen LogP contribution in [0.15, 0.2) is 164 Å². The number of aryl methyl sites for hydroxylation is 1. The summed E-state index contributed by atoms with van der Waals surface area (Å²) in [6.07, 6.45) is 5.01. The second-order valence-electron chi connectivity index (χ2n) is 14.7. The quantitative estimate of drug-likeness (QED) is 0.104. The summed E-state index contributed by atoms with van der Waals surface area (Å²) >= 11 is 0. The molecule has 5 aromatic carbocycles. The molecule has 0 saturated heterocycles. The van der Waals surface area contributed by atoms with Crippen LogP contribution < -0.4 is 13.5 Å². The lowest BCUT2D eigenvalue weighted by molar-refractivity contribution is -0.699. The highest BCUT2D eigenvalue weighted by molar-refractivity contribution is 6.15. The largest absolute Gasteiger partial charge is 0.457 e. The fourth-order valence-electron chi connectivity index (χ4n) is 8.88. The van der Waals surface area contributed by atoms with Crippen molar-refractivity contribution in [2.75, 3.05) is 6.61 Å². The third-order valence-electron chi connectivity index (χ3n) is 11.5. The molecule has 0 radical (unpaired) electrons. The zero-order valence-electron chi connectivity index (χ0n) is 30.4. The van der Waals surface area contributed by atoms with E-state index in [9.17, 15) is 4.79 Å². The molecule has 11 rings (SSSR count). The van der Waals surface area contributed by atoms with E-state index in [1.165, 1.54) is 16.3 Å². The van der Waals surface area contributed by atoms with Gasteiger partial charge in [0.15, 0.2) is 12.4 Å². The lowest BCUT2D eigenvalue weighted by atomic mass is 9.91. The summed E-state index contributed by atoms with van der Waals surface area (Å²) in [5.74, 6) is -0.336. The summed E-state index contributed by atoms with van der Waals surface area (Å²) in [5.41, 5.74) is 14.6. The summed E-state index contributed by atoms with van der Waals surface area (Å²) in [5, 5.41) is 4.58. The van der Waals surface area contributed by atoms with Crippen LogP contribution in [0, 0.1) is 6.92 Å². The van der Waals surface area contributed by atoms with Crippen LogP contribution in [0.25, 0.3) is 77.5 Å². The van der Waals surface area contributed by atoms with Gasteiger partial charge in [-0.3, -0.25) is 0 Å². The number of carbonyl (C=O) groups excluding carboxylic acids is 1. The molecule has 0 spiro atoms. The summed E-state index contributed by atoms with van der Waals surface area (Å²) in [6.45, 7) is 2.98. The first-order chi connectivity index (χ1) is 27.1. The highest BCUT2D eigenvalue weighted by Crippen LogP contribution is 2.42. The standard InChI is InChI=1S/C50H36N3O2/c1-32-18-20-34(21-19-32)38-29-44-39-15-7-5-14-36(39)23-26-55-50(54)45(30-38)53(44)49-46-31-51-24-10-9-17-43(51)41-27-37(33-11-3-2-4-12-33)28-42(47(41)49)48-40-16-8-6-13-35(40)22-25-52(46)48/h2-22,24-25,27-30H,23,26,31H2,1H3/q+3. The van der Waals surface area contributed by atoms with Crippen molar-refractivity contribution in [1.82, 2.24) is 0 Å². The summed E-state index contributed by atoms with van der Waals surface area (Å²) < 4.78 is 13.1. The number of rotatable bonds is 3. The van der Waals surface area contributed by atoms with Crippen LogP contribution in [0.5, 0.6) is 0 Å². The van der Waals surface area contributed by atoms with E-state index in [1.54, 1.807) is 0 Å². The highest BCUT2D eigenvalue weighted by atomic mass is 16.5. The number of cyclic esters (lactones) is 1. The molecule has 5 heteroatoms. The first-order valence-corrected chi connectivity index (χ1v) is 18.9. The van der Waals surface area contributed by atoms with Crippen LogP contribution in [0.1, 0.15) is 27.3 Å². The van der Waals surface area contributed by atoms with Gasteiger partial charge in [0.2, 0.25) is 23.4 Å². The maximum atomic E-state index is 14.6. The molecule has 9 aromatic rings. The predicted octanol–water partition coefficient (Wildman–Crippen LogP) is 9.35. The van der Waals surface area contributed by atoms with Gasteiger partial charge in [-0.25, -0.2) is 4.79 Å². The lowest BCUT2D eigenvalue weighted by Gasteiger charge is -2.15. The Morgan fingerprint density at radius 1 is 0.582 bits per heavy atom. The number of nitrogens with zero attached hydrogens (tertiary/aromatic N) is 3. The van der Waals surface area contributed by atoms with E-state index < -0.39 is 0 Å². The van der Waals surface area contributed by atoms with Crippen molar-refractivity contribution in [3.05, 3.63) is 187 Å². The van der Waals surface area contributed by atoms with Crippen molar-refractivity contribution >= 4 is 33.0 Å². The van der Waals surface area contributed by atoms with Gasteiger partial charge in [0.25, 0.3) is 11.4 Å². The number of esters is 1. The van der Waals surface area contributed by atoms with Gasteiger partial charge in [0, 0.05) is 42.3 Å². The molecule has 0 amide bonds. The van der Waals surface area contributed by atoms with Crippen LogP contribution >= 0.6 is 0 Å². The van der Waals surface area contributed by atoms with Crippen molar-refractivity contribution in [2.45, 2.75) is 19.9 Å². The number of hydrogen-bond donors (Lipinski definition) is 0. The third kappa shape index (κ3) is 4.93. The van der Waals surface area contributed by atoms with Gasteiger partial charge in [-0.05, 0) is 70.5 Å². The Morgan fingerprint density at radius 3 is 2.22 bits per heavy atom. The third-order valence-corrected chi connectivity index (χ3v) is 11.5. The molecule has 0 aliphatic carbocycles. The van der Waals surface area contributed by atoms with E-state index in [-0.39, 0.29) is 5.97 Å². The molecule has 6 heterocycles. The number of benzene rings is 5. The van der Waals surface area contributed by atoms with Gasteiger partial charge in [-0.15, -0.1) is 4.57 Å². The van der Waals surface area contributed by atoms with Crippen LogP contribution in [0.2, 0.25) is 0 Å². The normalized spacial score (nSPS) is 13.1. The fraction of sp³-hybridized carbons (Fsp3) is 0.0800. The average Bonchev–Trinajstić information content (AvgIpc) is 3.34. The molecule has 2 aliphatic heterocycles. The van der Waals surface area contributed by atoms with Gasteiger partial charge >= 0.3 is 11.7 Å². The number of carbonyl (C=O) groups is 1. The Bertz CT molecular complexity index is 3060. The van der Waals surface area contributed by atoms with Gasteiger partial charge in [-0.2, -0.15) is 8.97 Å². The molecule has 4 aromatic heterocycles. The number of hydrogen-bond acceptors (Lipinski definition) is 2. The highest BCUT2D eigenvalue weighted by Gasteiger charge is 2.43. The van der Waals surface area contributed by atoms with E-state index >= 15 is 0 Å². The monoisotopic (exact) mass is 710 g/mol. The molecule has 0 saturated carbocycles. The minimum atomic E-state index is -0.336. The molecule has 0 fully saturated rings. The smallest absolute Gasteiger partial charge is 0.404 e. The molecule has 55 heavy (non-hydrogen) atoms. The predicted molar refractivity (Wildman–Crippen MR) is 216 cm³/mol. The lowest BCUT2D eigenvalue weighted by Crippen LogP contribution is -2.48. The van der Waals surface area contributed by atoms with Gasteiger partial charge in [0.05, 0.1) is 28.3 Å². The second-order valence-corrected chi connectivity index (χ2v) is 14.7. The minimum Gasteiger partial charge on any atom is -0.457 e. The van der Waals surface area contributed by atoms with Crippen LogP contribution in [-0.2, 0) is 17.7 Å². The first kappa shape index (κ1) is 31.5. The topological polar surface area (TPSA) is 38.2 Å². The van der Waals surface area contributed by atoms with Gasteiger partial charge in [0.1, 0.15) is 0 Å². The molecule has 2 aliphatic rings. The molecule has 5 nitrogen and oxygen atoms in total. The maximum Gasteiger partial charge on any atom is 0.404 e. The first-order valence-electron chi connectivity index (χ1n) is 18.9. The van der Waals surface area contributed by atoms with E-state index in [0.717, 1.165) is 78.0 Å². The Hall–Kier alpha value is -6.98. The summed E-state index contributed by atoms with van der Waals surface area (Å²) in [4.78, 5) is 14.6. The molecule has 0 atom stereocenters. The Morgan fingerprint density at radius 2 is 1.33 bits per heavy atom. The fourth-order valence-corrected chi connectivity index (χ4v) is 8.88. The number of ether oxygens (including phenoxy) is 1. The van der Waals surface area contributed by atoms with Crippen molar-refractivity contribution in [1.29, 1.82) is 0 Å². The number of fused-ring (bicyclic) bond motifs is 13. The SMILES string of the molecule is Cc1ccc(-c2cc3[n+](-c4c5[n+]6ccc7ccccc7c6c6cc(-c7ccccc7)cc(c46)-c4cccc[n+]4C5)c(c2)-c2ccccc2CCOC3=O)cc1. The van der Waals surface area contributed by atoms with Crippen molar-refractivity contribution in [3.63, 3.8) is 0 Å². The average molecular weight is 711 g/mol. The summed E-state index contributed by atoms with van der Waals surface area (Å²) in [7, 11) is 0. The maximum absolute atomic E-state index is 14.6. The van der Waals surface area contributed by atoms with Crippen molar-refractivity contribution in [2.24, 2.45) is 0 Å². The van der Waals surface area contributed by atoms with E-state index in [2.05, 4.69) is 178 Å². The van der Waals surface area contributed by atoms with Gasteiger partial charge < -0.3 is 4.74 Å². The minimum absolute atomic E-state index is 0.299. The van der Waals surface area contributed by atoms with E-state index in [4.69, 9.17) is 4.74 Å². The van der Waals surface area contributed by atoms with Gasteiger partial charge in [-0.1, -0.05) is 96.6 Å². The molecule has 260 valence electrons. The van der Waals surface area contributed by atoms with Crippen molar-refractivity contribution < 1.29 is 23.1 Å². The number of aromatic nitrogens is 3. The van der Waals surface area contributed by atoms with Crippen molar-refractivity contribution in [3.8, 4) is 50.5 Å². The van der Waals surface area contributed by atoms with Crippen LogP contribution in [0.3, 0.4) is 0 Å². The molecule has 0 N–H and O–H groups in total. The van der Waals surface area contributed by atoms with E-state index in [0.29, 0.717) is 25.3 Å². The van der Waals surface area contributed by atoms with E-state index in [1.807, 2.05) is 6.07 Å². The van der Waals surface area contributed by atoms with Crippen LogP contribution in [-0.4, -0.2) is 12.6 Å². The molecular weight excluding hydrogens is 675 g/mol. The Kier molecular flexibility index (Phi) is 7.05. The number of pyridine rings is 4. The molecule has 0 unspecified atom stereocenters.